The van der Waals surface area contributed by atoms with Crippen molar-refractivity contribution in [2.24, 2.45) is 0 Å². The van der Waals surface area contributed by atoms with Crippen LogP contribution in [-0.4, -0.2) is 65.9 Å². The van der Waals surface area contributed by atoms with Crippen molar-refractivity contribution in [2.75, 3.05) is 20.6 Å². The Hall–Kier alpha value is -2.12. The highest BCUT2D eigenvalue weighted by molar-refractivity contribution is 6.08. The Morgan fingerprint density at radius 2 is 1.91 bits per heavy atom. The SMILES string of the molecule is C[C@@H](OC(=O)CN1C(=O)NC2(CCCC2)C1=O)C(=O)N(C)C. The molecule has 1 heterocycles. The molecule has 1 spiro atoms. The van der Waals surface area contributed by atoms with Crippen molar-refractivity contribution >= 4 is 23.8 Å². The maximum absolute atomic E-state index is 12.4. The molecule has 1 aliphatic carbocycles. The number of rotatable bonds is 4. The molecule has 2 aliphatic rings. The number of imide groups is 1. The molecular formula is C14H21N3O5. The number of carbonyl (C=O) groups excluding carboxylic acids is 4. The Labute approximate surface area is 128 Å². The fraction of sp³-hybridized carbons (Fsp3) is 0.714. The minimum Gasteiger partial charge on any atom is -0.451 e. The van der Waals surface area contributed by atoms with Gasteiger partial charge in [0.1, 0.15) is 12.1 Å². The van der Waals surface area contributed by atoms with Gasteiger partial charge in [-0.25, -0.2) is 4.79 Å². The van der Waals surface area contributed by atoms with Gasteiger partial charge in [0.05, 0.1) is 0 Å². The normalized spacial score (nSPS) is 21.0. The van der Waals surface area contributed by atoms with Gasteiger partial charge < -0.3 is 15.0 Å². The standard InChI is InChI=1S/C14H21N3O5/c1-9(11(19)16(2)3)22-10(18)8-17-12(20)14(15-13(17)21)6-4-5-7-14/h9H,4-8H2,1-3H3,(H,15,21)/t9-/m1/s1. The summed E-state index contributed by atoms with van der Waals surface area (Å²) in [5, 5.41) is 2.68. The minimum absolute atomic E-state index is 0.363. The molecule has 0 aromatic rings. The number of hydrogen-bond acceptors (Lipinski definition) is 5. The van der Waals surface area contributed by atoms with Crippen molar-refractivity contribution in [3.05, 3.63) is 0 Å². The summed E-state index contributed by atoms with van der Waals surface area (Å²) in [6, 6.07) is -0.574. The van der Waals surface area contributed by atoms with Gasteiger partial charge in [-0.05, 0) is 19.8 Å². The summed E-state index contributed by atoms with van der Waals surface area (Å²) in [5.74, 6) is -1.52. The first-order valence-corrected chi connectivity index (χ1v) is 7.31. The molecule has 0 unspecified atom stereocenters. The Kier molecular flexibility index (Phi) is 4.39. The van der Waals surface area contributed by atoms with Gasteiger partial charge in [-0.2, -0.15) is 0 Å². The molecule has 0 aromatic heterocycles. The Morgan fingerprint density at radius 3 is 2.45 bits per heavy atom. The van der Waals surface area contributed by atoms with Gasteiger partial charge in [-0.15, -0.1) is 0 Å². The summed E-state index contributed by atoms with van der Waals surface area (Å²) in [4.78, 5) is 50.0. The van der Waals surface area contributed by atoms with Crippen LogP contribution in [0.2, 0.25) is 0 Å². The van der Waals surface area contributed by atoms with Gasteiger partial charge in [0.25, 0.3) is 11.8 Å². The van der Waals surface area contributed by atoms with Crippen LogP contribution in [0.1, 0.15) is 32.6 Å². The first-order valence-electron chi connectivity index (χ1n) is 7.31. The van der Waals surface area contributed by atoms with Crippen LogP contribution in [-0.2, 0) is 19.1 Å². The molecule has 1 aliphatic heterocycles. The summed E-state index contributed by atoms with van der Waals surface area (Å²) < 4.78 is 4.98. The second-order valence-electron chi connectivity index (χ2n) is 5.98. The molecule has 1 saturated carbocycles. The highest BCUT2D eigenvalue weighted by Gasteiger charge is 2.52. The number of likely N-dealkylation sites (N-methyl/N-ethyl adjacent to an activating group) is 1. The van der Waals surface area contributed by atoms with E-state index in [1.165, 1.54) is 11.8 Å². The van der Waals surface area contributed by atoms with Crippen LogP contribution < -0.4 is 5.32 Å². The summed E-state index contributed by atoms with van der Waals surface area (Å²) in [6.45, 7) is 0.974. The number of carbonyl (C=O) groups is 4. The van der Waals surface area contributed by atoms with E-state index in [9.17, 15) is 19.2 Å². The fourth-order valence-corrected chi connectivity index (χ4v) is 2.91. The topological polar surface area (TPSA) is 96.0 Å². The van der Waals surface area contributed by atoms with Crippen LogP contribution in [0.15, 0.2) is 0 Å². The average Bonchev–Trinajstić information content (AvgIpc) is 2.99. The fourth-order valence-electron chi connectivity index (χ4n) is 2.91. The number of urea groups is 1. The Bertz CT molecular complexity index is 511. The van der Waals surface area contributed by atoms with Gasteiger partial charge in [-0.1, -0.05) is 12.8 Å². The van der Waals surface area contributed by atoms with E-state index >= 15 is 0 Å². The number of hydrogen-bond donors (Lipinski definition) is 1. The number of esters is 1. The zero-order valence-electron chi connectivity index (χ0n) is 13.0. The monoisotopic (exact) mass is 311 g/mol. The number of amides is 4. The molecule has 2 fully saturated rings. The van der Waals surface area contributed by atoms with Crippen molar-refractivity contribution in [2.45, 2.75) is 44.2 Å². The van der Waals surface area contributed by atoms with Crippen LogP contribution in [0.4, 0.5) is 4.79 Å². The third kappa shape index (κ3) is 2.90. The third-order valence-electron chi connectivity index (χ3n) is 4.09. The van der Waals surface area contributed by atoms with Crippen LogP contribution in [0, 0.1) is 0 Å². The maximum Gasteiger partial charge on any atom is 0.327 e. The zero-order chi connectivity index (χ0) is 16.5. The van der Waals surface area contributed by atoms with E-state index in [0.29, 0.717) is 12.8 Å². The number of ether oxygens (including phenoxy) is 1. The van der Waals surface area contributed by atoms with Gasteiger partial charge in [0, 0.05) is 14.1 Å². The van der Waals surface area contributed by atoms with E-state index in [1.54, 1.807) is 14.1 Å². The van der Waals surface area contributed by atoms with Crippen LogP contribution in [0.3, 0.4) is 0 Å². The molecule has 22 heavy (non-hydrogen) atoms. The van der Waals surface area contributed by atoms with Crippen LogP contribution in [0.25, 0.3) is 0 Å². The Balaban J connectivity index is 1.96. The van der Waals surface area contributed by atoms with E-state index in [4.69, 9.17) is 4.74 Å². The van der Waals surface area contributed by atoms with Crippen LogP contribution in [0.5, 0.6) is 0 Å². The minimum atomic E-state index is -0.955. The molecule has 1 atom stereocenters. The van der Waals surface area contributed by atoms with E-state index in [0.717, 1.165) is 17.7 Å². The van der Waals surface area contributed by atoms with E-state index in [1.807, 2.05) is 0 Å². The Morgan fingerprint density at radius 1 is 1.32 bits per heavy atom. The van der Waals surface area contributed by atoms with Gasteiger partial charge in [0.15, 0.2) is 6.10 Å². The van der Waals surface area contributed by atoms with Crippen molar-refractivity contribution < 1.29 is 23.9 Å². The molecule has 122 valence electrons. The first kappa shape index (κ1) is 16.3. The highest BCUT2D eigenvalue weighted by atomic mass is 16.5. The summed E-state index contributed by atoms with van der Waals surface area (Å²) >= 11 is 0. The molecule has 4 amide bonds. The first-order chi connectivity index (χ1) is 10.3. The van der Waals surface area contributed by atoms with Gasteiger partial charge >= 0.3 is 12.0 Å². The van der Waals surface area contributed by atoms with Gasteiger partial charge in [-0.3, -0.25) is 19.3 Å². The van der Waals surface area contributed by atoms with Gasteiger partial charge in [0.2, 0.25) is 0 Å². The van der Waals surface area contributed by atoms with E-state index in [-0.39, 0.29) is 11.8 Å². The molecular weight excluding hydrogens is 290 g/mol. The summed E-state index contributed by atoms with van der Waals surface area (Å²) in [7, 11) is 3.10. The van der Waals surface area contributed by atoms with Crippen molar-refractivity contribution in [3.8, 4) is 0 Å². The predicted octanol–water partition coefficient (Wildman–Crippen LogP) is -0.129. The molecule has 0 bridgehead atoms. The van der Waals surface area contributed by atoms with Crippen molar-refractivity contribution in [1.29, 1.82) is 0 Å². The lowest BCUT2D eigenvalue weighted by Gasteiger charge is -2.20. The lowest BCUT2D eigenvalue weighted by atomic mass is 9.98. The van der Waals surface area contributed by atoms with E-state index < -0.39 is 30.2 Å². The van der Waals surface area contributed by atoms with Crippen molar-refractivity contribution in [3.63, 3.8) is 0 Å². The number of nitrogens with one attached hydrogen (secondary N) is 1. The average molecular weight is 311 g/mol. The maximum atomic E-state index is 12.4. The second-order valence-corrected chi connectivity index (χ2v) is 5.98. The third-order valence-corrected chi connectivity index (χ3v) is 4.09. The van der Waals surface area contributed by atoms with E-state index in [2.05, 4.69) is 5.32 Å². The largest absolute Gasteiger partial charge is 0.451 e. The quantitative estimate of drug-likeness (QED) is 0.576. The van der Waals surface area contributed by atoms with Crippen LogP contribution >= 0.6 is 0 Å². The summed E-state index contributed by atoms with van der Waals surface area (Å²) in [5.41, 5.74) is -0.845. The molecule has 1 saturated heterocycles. The highest BCUT2D eigenvalue weighted by Crippen LogP contribution is 2.34. The second kappa shape index (κ2) is 5.94. The molecule has 8 heteroatoms. The zero-order valence-corrected chi connectivity index (χ0v) is 13.0. The lowest BCUT2D eigenvalue weighted by molar-refractivity contribution is -0.159. The molecule has 8 nitrogen and oxygen atoms in total. The lowest BCUT2D eigenvalue weighted by Crippen LogP contribution is -2.45. The predicted molar refractivity (Wildman–Crippen MR) is 75.7 cm³/mol. The molecule has 1 N–H and O–H groups in total. The number of nitrogens with zero attached hydrogens (tertiary/aromatic N) is 2. The molecule has 0 aromatic carbocycles. The molecule has 2 rings (SSSR count). The van der Waals surface area contributed by atoms with Crippen molar-refractivity contribution in [1.82, 2.24) is 15.1 Å². The smallest absolute Gasteiger partial charge is 0.327 e. The molecule has 0 radical (unpaired) electrons. The summed E-state index contributed by atoms with van der Waals surface area (Å²) in [6.07, 6.45) is 1.98.